The lowest BCUT2D eigenvalue weighted by Gasteiger charge is -2.35. The first kappa shape index (κ1) is 15.9. The van der Waals surface area contributed by atoms with Crippen molar-refractivity contribution < 1.29 is 12.8 Å². The van der Waals surface area contributed by atoms with Crippen LogP contribution in [-0.4, -0.2) is 50.8 Å². The molecular formula is C14H18FN3O2S. The Morgan fingerprint density at radius 1 is 1.48 bits per heavy atom. The van der Waals surface area contributed by atoms with Crippen LogP contribution in [0.3, 0.4) is 0 Å². The quantitative estimate of drug-likeness (QED) is 0.847. The number of sulfonamides is 1. The summed E-state index contributed by atoms with van der Waals surface area (Å²) in [5.41, 5.74) is -0.259. The highest BCUT2D eigenvalue weighted by molar-refractivity contribution is 7.89. The van der Waals surface area contributed by atoms with E-state index in [9.17, 15) is 12.8 Å². The Morgan fingerprint density at radius 2 is 2.19 bits per heavy atom. The number of rotatable bonds is 3. The van der Waals surface area contributed by atoms with Crippen LogP contribution >= 0.6 is 0 Å². The molecule has 1 fully saturated rings. The molecular weight excluding hydrogens is 293 g/mol. The summed E-state index contributed by atoms with van der Waals surface area (Å²) in [7, 11) is -0.230. The third-order valence-electron chi connectivity index (χ3n) is 3.85. The Labute approximate surface area is 124 Å². The predicted molar refractivity (Wildman–Crippen MR) is 76.6 cm³/mol. The molecule has 1 saturated heterocycles. The Balaban J connectivity index is 2.31. The van der Waals surface area contributed by atoms with Gasteiger partial charge in [-0.15, -0.1) is 0 Å². The van der Waals surface area contributed by atoms with Crippen molar-refractivity contribution in [3.8, 4) is 6.07 Å². The molecule has 0 saturated carbocycles. The average molecular weight is 311 g/mol. The van der Waals surface area contributed by atoms with E-state index in [-0.39, 0.29) is 16.5 Å². The first-order valence-electron chi connectivity index (χ1n) is 6.72. The van der Waals surface area contributed by atoms with E-state index >= 15 is 0 Å². The molecule has 21 heavy (non-hydrogen) atoms. The molecule has 0 aromatic heterocycles. The highest BCUT2D eigenvalue weighted by Gasteiger charge is 2.30. The summed E-state index contributed by atoms with van der Waals surface area (Å²) in [5, 5.41) is 8.83. The van der Waals surface area contributed by atoms with Crippen molar-refractivity contribution in [1.29, 1.82) is 5.26 Å². The van der Waals surface area contributed by atoms with Crippen LogP contribution in [0.25, 0.3) is 0 Å². The van der Waals surface area contributed by atoms with Crippen molar-refractivity contribution in [2.45, 2.75) is 23.8 Å². The van der Waals surface area contributed by atoms with Crippen LogP contribution in [0.2, 0.25) is 0 Å². The van der Waals surface area contributed by atoms with E-state index in [0.717, 1.165) is 31.5 Å². The fourth-order valence-electron chi connectivity index (χ4n) is 2.55. The monoisotopic (exact) mass is 311 g/mol. The number of piperidine rings is 1. The number of halogens is 1. The molecule has 5 nitrogen and oxygen atoms in total. The van der Waals surface area contributed by atoms with Crippen molar-refractivity contribution in [2.75, 3.05) is 27.2 Å². The molecule has 1 unspecified atom stereocenters. The van der Waals surface area contributed by atoms with Gasteiger partial charge in [0.25, 0.3) is 0 Å². The number of hydrogen-bond acceptors (Lipinski definition) is 4. The Morgan fingerprint density at radius 3 is 2.81 bits per heavy atom. The minimum absolute atomic E-state index is 0.0452. The minimum Gasteiger partial charge on any atom is -0.305 e. The van der Waals surface area contributed by atoms with Crippen LogP contribution in [0.15, 0.2) is 23.1 Å². The summed E-state index contributed by atoms with van der Waals surface area (Å²) in [6.07, 6.45) is 1.74. The van der Waals surface area contributed by atoms with Gasteiger partial charge in [0.15, 0.2) is 0 Å². The van der Waals surface area contributed by atoms with Gasteiger partial charge >= 0.3 is 0 Å². The maximum Gasteiger partial charge on any atom is 0.243 e. The standard InChI is InChI=1S/C14H18FN3O2S/c1-17-7-3-4-12(10-17)18(2)21(19,20)13-5-6-14(15)11(8-13)9-16/h5-6,8,12H,3-4,7,10H2,1-2H3. The normalized spacial score (nSPS) is 20.4. The smallest absolute Gasteiger partial charge is 0.243 e. The second-order valence-electron chi connectivity index (χ2n) is 5.33. The number of hydrogen-bond donors (Lipinski definition) is 0. The molecule has 0 spiro atoms. The zero-order valence-electron chi connectivity index (χ0n) is 12.1. The van der Waals surface area contributed by atoms with Gasteiger partial charge in [0, 0.05) is 19.6 Å². The molecule has 0 radical (unpaired) electrons. The lowest BCUT2D eigenvalue weighted by Crippen LogP contribution is -2.47. The molecule has 114 valence electrons. The number of nitriles is 1. The lowest BCUT2D eigenvalue weighted by atomic mass is 10.1. The zero-order chi connectivity index (χ0) is 15.6. The first-order chi connectivity index (χ1) is 9.86. The van der Waals surface area contributed by atoms with Gasteiger partial charge in [-0.25, -0.2) is 12.8 Å². The van der Waals surface area contributed by atoms with Crippen molar-refractivity contribution in [1.82, 2.24) is 9.21 Å². The highest BCUT2D eigenvalue weighted by atomic mass is 32.2. The van der Waals surface area contributed by atoms with E-state index in [4.69, 9.17) is 5.26 Å². The van der Waals surface area contributed by atoms with Gasteiger partial charge in [-0.2, -0.15) is 9.57 Å². The average Bonchev–Trinajstić information content (AvgIpc) is 2.46. The summed E-state index contributed by atoms with van der Waals surface area (Å²) < 4.78 is 39.8. The highest BCUT2D eigenvalue weighted by Crippen LogP contribution is 2.23. The Bertz CT molecular complexity index is 669. The molecule has 0 N–H and O–H groups in total. The van der Waals surface area contributed by atoms with Gasteiger partial charge in [0.1, 0.15) is 11.9 Å². The van der Waals surface area contributed by atoms with Gasteiger partial charge < -0.3 is 4.90 Å². The Hall–Kier alpha value is -1.49. The van der Waals surface area contributed by atoms with E-state index in [1.54, 1.807) is 6.07 Å². The first-order valence-corrected chi connectivity index (χ1v) is 8.16. The van der Waals surface area contributed by atoms with Gasteiger partial charge in [-0.3, -0.25) is 0 Å². The fourth-order valence-corrected chi connectivity index (χ4v) is 3.95. The second kappa shape index (κ2) is 6.10. The predicted octanol–water partition coefficient (Wildman–Crippen LogP) is 1.41. The van der Waals surface area contributed by atoms with E-state index < -0.39 is 15.8 Å². The third kappa shape index (κ3) is 3.23. The third-order valence-corrected chi connectivity index (χ3v) is 5.76. The number of likely N-dealkylation sites (tertiary alicyclic amines) is 1. The van der Waals surface area contributed by atoms with Crippen molar-refractivity contribution in [3.05, 3.63) is 29.6 Å². The van der Waals surface area contributed by atoms with E-state index in [2.05, 4.69) is 4.90 Å². The van der Waals surface area contributed by atoms with E-state index in [0.29, 0.717) is 6.54 Å². The molecule has 2 rings (SSSR count). The molecule has 0 amide bonds. The minimum atomic E-state index is -3.72. The van der Waals surface area contributed by atoms with Crippen molar-refractivity contribution in [3.63, 3.8) is 0 Å². The van der Waals surface area contributed by atoms with Crippen LogP contribution < -0.4 is 0 Å². The van der Waals surface area contributed by atoms with E-state index in [1.165, 1.54) is 17.4 Å². The molecule has 0 bridgehead atoms. The molecule has 1 aliphatic heterocycles. The van der Waals surface area contributed by atoms with E-state index in [1.807, 2.05) is 7.05 Å². The molecule has 7 heteroatoms. The SMILES string of the molecule is CN1CCCC(N(C)S(=O)(=O)c2ccc(F)c(C#N)c2)C1. The van der Waals surface area contributed by atoms with Gasteiger partial charge in [-0.1, -0.05) is 0 Å². The zero-order valence-corrected chi connectivity index (χ0v) is 12.9. The molecule has 0 aliphatic carbocycles. The molecule has 1 aromatic rings. The fraction of sp³-hybridized carbons (Fsp3) is 0.500. The maximum atomic E-state index is 13.3. The number of likely N-dealkylation sites (N-methyl/N-ethyl adjacent to an activating group) is 2. The van der Waals surface area contributed by atoms with Crippen LogP contribution in [0, 0.1) is 17.1 Å². The molecule has 1 aromatic carbocycles. The maximum absolute atomic E-state index is 13.3. The summed E-state index contributed by atoms with van der Waals surface area (Å²) in [5.74, 6) is -0.712. The summed E-state index contributed by atoms with van der Waals surface area (Å²) in [6, 6.07) is 4.87. The molecule has 1 aliphatic rings. The lowest BCUT2D eigenvalue weighted by molar-refractivity contribution is 0.187. The molecule has 1 heterocycles. The van der Waals surface area contributed by atoms with Crippen LogP contribution in [0.5, 0.6) is 0 Å². The number of benzene rings is 1. The van der Waals surface area contributed by atoms with Crippen molar-refractivity contribution >= 4 is 10.0 Å². The van der Waals surface area contributed by atoms with Crippen LogP contribution in [0.4, 0.5) is 4.39 Å². The Kier molecular flexibility index (Phi) is 4.61. The van der Waals surface area contributed by atoms with Gasteiger partial charge in [0.2, 0.25) is 10.0 Å². The van der Waals surface area contributed by atoms with Crippen LogP contribution in [-0.2, 0) is 10.0 Å². The summed E-state index contributed by atoms with van der Waals surface area (Å²) in [6.45, 7) is 1.63. The van der Waals surface area contributed by atoms with Crippen molar-refractivity contribution in [2.24, 2.45) is 0 Å². The van der Waals surface area contributed by atoms with Crippen LogP contribution in [0.1, 0.15) is 18.4 Å². The second-order valence-corrected chi connectivity index (χ2v) is 7.33. The topological polar surface area (TPSA) is 64.4 Å². The van der Waals surface area contributed by atoms with Gasteiger partial charge in [0.05, 0.1) is 10.5 Å². The number of nitrogens with zero attached hydrogens (tertiary/aromatic N) is 3. The van der Waals surface area contributed by atoms with Gasteiger partial charge in [-0.05, 0) is 44.6 Å². The summed E-state index contributed by atoms with van der Waals surface area (Å²) >= 11 is 0. The molecule has 1 atom stereocenters. The largest absolute Gasteiger partial charge is 0.305 e. The summed E-state index contributed by atoms with van der Waals surface area (Å²) in [4.78, 5) is 2.04.